The van der Waals surface area contributed by atoms with Gasteiger partial charge in [-0.1, -0.05) is 5.16 Å². The van der Waals surface area contributed by atoms with E-state index in [-0.39, 0.29) is 5.75 Å². The molecule has 0 amide bonds. The average molecular weight is 324 g/mol. The zero-order valence-corrected chi connectivity index (χ0v) is 11.3. The molecule has 0 spiro atoms. The molecule has 90 valence electrons. The van der Waals surface area contributed by atoms with Crippen LogP contribution in [0.15, 0.2) is 38.9 Å². The molecule has 3 rings (SSSR count). The van der Waals surface area contributed by atoms with Crippen LogP contribution < -0.4 is 0 Å². The summed E-state index contributed by atoms with van der Waals surface area (Å²) in [4.78, 5) is 9.04. The lowest BCUT2D eigenvalue weighted by Crippen LogP contribution is -1.80. The second-order valence-corrected chi connectivity index (χ2v) is 5.92. The van der Waals surface area contributed by atoms with E-state index in [2.05, 4.69) is 31.1 Å². The van der Waals surface area contributed by atoms with Crippen LogP contribution in [0.25, 0.3) is 22.2 Å². The quantitative estimate of drug-likeness (QED) is 0.783. The standard InChI is InChI=1S/C11H6BrN3O2S/c12-9-2-1-8(18-9)10-14-11(17-15-10)6-3-7(16)5-13-4-6/h1-5,16H. The van der Waals surface area contributed by atoms with Crippen molar-refractivity contribution in [2.45, 2.75) is 0 Å². The van der Waals surface area contributed by atoms with Crippen molar-refractivity contribution in [1.82, 2.24) is 15.1 Å². The summed E-state index contributed by atoms with van der Waals surface area (Å²) in [6, 6.07) is 5.35. The van der Waals surface area contributed by atoms with E-state index in [1.165, 1.54) is 23.6 Å². The summed E-state index contributed by atoms with van der Waals surface area (Å²) in [6.07, 6.45) is 2.90. The van der Waals surface area contributed by atoms with Crippen LogP contribution in [0.3, 0.4) is 0 Å². The number of hydrogen-bond acceptors (Lipinski definition) is 6. The van der Waals surface area contributed by atoms with Crippen molar-refractivity contribution in [3.05, 3.63) is 34.4 Å². The highest BCUT2D eigenvalue weighted by atomic mass is 79.9. The molecule has 18 heavy (non-hydrogen) atoms. The van der Waals surface area contributed by atoms with E-state index in [1.54, 1.807) is 6.20 Å². The molecule has 0 unspecified atom stereocenters. The normalized spacial score (nSPS) is 10.7. The van der Waals surface area contributed by atoms with Gasteiger partial charge < -0.3 is 9.63 Å². The van der Waals surface area contributed by atoms with Crippen molar-refractivity contribution in [1.29, 1.82) is 0 Å². The average Bonchev–Trinajstić information content (AvgIpc) is 2.97. The Hall–Kier alpha value is -1.73. The van der Waals surface area contributed by atoms with E-state index >= 15 is 0 Å². The van der Waals surface area contributed by atoms with Gasteiger partial charge in [0.05, 0.1) is 20.4 Å². The van der Waals surface area contributed by atoms with Crippen LogP contribution in [0.5, 0.6) is 5.75 Å². The molecule has 0 aliphatic carbocycles. The Morgan fingerprint density at radius 2 is 2.17 bits per heavy atom. The van der Waals surface area contributed by atoms with Crippen molar-refractivity contribution >= 4 is 27.3 Å². The molecule has 0 radical (unpaired) electrons. The number of thiophene rings is 1. The SMILES string of the molecule is Oc1cncc(-c2nc(-c3ccc(Br)s3)no2)c1. The highest BCUT2D eigenvalue weighted by molar-refractivity contribution is 9.11. The fraction of sp³-hybridized carbons (Fsp3) is 0. The van der Waals surface area contributed by atoms with Crippen molar-refractivity contribution in [2.75, 3.05) is 0 Å². The van der Waals surface area contributed by atoms with Gasteiger partial charge in [0.2, 0.25) is 5.82 Å². The predicted molar refractivity (Wildman–Crippen MR) is 70.2 cm³/mol. The third-order valence-corrected chi connectivity index (χ3v) is 3.81. The molecule has 0 aromatic carbocycles. The second-order valence-electron chi connectivity index (χ2n) is 3.46. The summed E-state index contributed by atoms with van der Waals surface area (Å²) in [5.41, 5.74) is 0.587. The van der Waals surface area contributed by atoms with Crippen LogP contribution >= 0.6 is 27.3 Å². The summed E-state index contributed by atoms with van der Waals surface area (Å²) >= 11 is 4.90. The smallest absolute Gasteiger partial charge is 0.259 e. The van der Waals surface area contributed by atoms with Gasteiger partial charge in [-0.15, -0.1) is 11.3 Å². The van der Waals surface area contributed by atoms with Crippen LogP contribution in [0.1, 0.15) is 0 Å². The topological polar surface area (TPSA) is 72.0 Å². The van der Waals surface area contributed by atoms with Crippen LogP contribution in [-0.2, 0) is 0 Å². The number of halogens is 1. The Morgan fingerprint density at radius 1 is 1.28 bits per heavy atom. The van der Waals surface area contributed by atoms with E-state index in [0.717, 1.165) is 8.66 Å². The molecule has 1 N–H and O–H groups in total. The maximum Gasteiger partial charge on any atom is 0.259 e. The van der Waals surface area contributed by atoms with Crippen molar-refractivity contribution < 1.29 is 9.63 Å². The molecule has 3 aromatic rings. The van der Waals surface area contributed by atoms with Crippen molar-refractivity contribution in [2.24, 2.45) is 0 Å². The van der Waals surface area contributed by atoms with Gasteiger partial charge in [-0.05, 0) is 34.1 Å². The maximum absolute atomic E-state index is 9.35. The summed E-state index contributed by atoms with van der Waals surface area (Å²) in [5, 5.41) is 13.2. The molecule has 0 saturated heterocycles. The van der Waals surface area contributed by atoms with E-state index < -0.39 is 0 Å². The Bertz CT molecular complexity index is 695. The van der Waals surface area contributed by atoms with Crippen LogP contribution in [0.4, 0.5) is 0 Å². The van der Waals surface area contributed by atoms with Gasteiger partial charge >= 0.3 is 0 Å². The third kappa shape index (κ3) is 2.14. The lowest BCUT2D eigenvalue weighted by atomic mass is 10.3. The Morgan fingerprint density at radius 3 is 2.89 bits per heavy atom. The van der Waals surface area contributed by atoms with Gasteiger partial charge in [-0.25, -0.2) is 0 Å². The molecule has 0 fully saturated rings. The van der Waals surface area contributed by atoms with Crippen LogP contribution in [-0.4, -0.2) is 20.2 Å². The molecule has 0 atom stereocenters. The third-order valence-electron chi connectivity index (χ3n) is 2.19. The molecule has 0 aliphatic rings. The summed E-state index contributed by atoms with van der Waals surface area (Å²) in [6.45, 7) is 0. The van der Waals surface area contributed by atoms with E-state index in [4.69, 9.17) is 4.52 Å². The monoisotopic (exact) mass is 323 g/mol. The van der Waals surface area contributed by atoms with Crippen molar-refractivity contribution in [3.63, 3.8) is 0 Å². The Kier molecular flexibility index (Phi) is 2.85. The largest absolute Gasteiger partial charge is 0.506 e. The first kappa shape index (κ1) is 11.4. The van der Waals surface area contributed by atoms with Crippen LogP contribution in [0, 0.1) is 0 Å². The van der Waals surface area contributed by atoms with Crippen molar-refractivity contribution in [3.8, 4) is 27.9 Å². The Balaban J connectivity index is 1.99. The molecule has 3 heterocycles. The van der Waals surface area contributed by atoms with E-state index in [9.17, 15) is 5.11 Å². The molecular weight excluding hydrogens is 318 g/mol. The highest BCUT2D eigenvalue weighted by Crippen LogP contribution is 2.30. The summed E-state index contributed by atoms with van der Waals surface area (Å²) in [7, 11) is 0. The maximum atomic E-state index is 9.35. The van der Waals surface area contributed by atoms with Gasteiger partial charge in [0.1, 0.15) is 5.75 Å². The van der Waals surface area contributed by atoms with E-state index in [1.807, 2.05) is 12.1 Å². The Labute approximate surface area is 114 Å². The first-order chi connectivity index (χ1) is 8.72. The lowest BCUT2D eigenvalue weighted by Gasteiger charge is -1.93. The minimum Gasteiger partial charge on any atom is -0.506 e. The number of hydrogen-bond donors (Lipinski definition) is 1. The second kappa shape index (κ2) is 4.51. The molecule has 0 bridgehead atoms. The fourth-order valence-corrected chi connectivity index (χ4v) is 2.73. The minimum absolute atomic E-state index is 0.0612. The molecule has 5 nitrogen and oxygen atoms in total. The number of rotatable bonds is 2. The predicted octanol–water partition coefficient (Wildman–Crippen LogP) is 3.33. The molecule has 0 aliphatic heterocycles. The summed E-state index contributed by atoms with van der Waals surface area (Å²) < 4.78 is 6.15. The van der Waals surface area contributed by atoms with Gasteiger partial charge in [-0.2, -0.15) is 4.98 Å². The van der Waals surface area contributed by atoms with Gasteiger partial charge in [0, 0.05) is 6.20 Å². The van der Waals surface area contributed by atoms with E-state index in [0.29, 0.717) is 17.3 Å². The number of aromatic nitrogens is 3. The first-order valence-corrected chi connectivity index (χ1v) is 6.57. The number of nitrogens with zero attached hydrogens (tertiary/aromatic N) is 3. The molecule has 0 saturated carbocycles. The van der Waals surface area contributed by atoms with Crippen LogP contribution in [0.2, 0.25) is 0 Å². The zero-order valence-electron chi connectivity index (χ0n) is 8.87. The molecular formula is C11H6BrN3O2S. The number of pyridine rings is 1. The molecule has 3 aromatic heterocycles. The fourth-order valence-electron chi connectivity index (χ4n) is 1.42. The van der Waals surface area contributed by atoms with Gasteiger partial charge in [0.25, 0.3) is 5.89 Å². The number of aromatic hydroxyl groups is 1. The highest BCUT2D eigenvalue weighted by Gasteiger charge is 2.12. The minimum atomic E-state index is 0.0612. The first-order valence-electron chi connectivity index (χ1n) is 4.96. The lowest BCUT2D eigenvalue weighted by molar-refractivity contribution is 0.431. The molecule has 7 heteroatoms. The van der Waals surface area contributed by atoms with Gasteiger partial charge in [0.15, 0.2) is 0 Å². The van der Waals surface area contributed by atoms with Gasteiger partial charge in [-0.3, -0.25) is 4.98 Å². The summed E-state index contributed by atoms with van der Waals surface area (Å²) in [5.74, 6) is 0.910. The zero-order chi connectivity index (χ0) is 12.5.